The van der Waals surface area contributed by atoms with Crippen LogP contribution in [0.25, 0.3) is 0 Å². The van der Waals surface area contributed by atoms with Gasteiger partial charge in [-0.15, -0.1) is 0 Å². The molecular formula is C12H14ClN3O3. The zero-order chi connectivity index (χ0) is 13.8. The summed E-state index contributed by atoms with van der Waals surface area (Å²) in [5, 5.41) is 13.4. The molecule has 0 saturated heterocycles. The van der Waals surface area contributed by atoms with Crippen molar-refractivity contribution in [3.8, 4) is 0 Å². The van der Waals surface area contributed by atoms with Crippen LogP contribution in [0.1, 0.15) is 36.0 Å². The molecule has 1 amide bonds. The summed E-state index contributed by atoms with van der Waals surface area (Å²) in [6.07, 6.45) is 5.85. The molecule has 1 aliphatic rings. The Labute approximate surface area is 115 Å². The summed E-state index contributed by atoms with van der Waals surface area (Å²) in [6.45, 7) is 0.552. The molecule has 0 spiro atoms. The first-order chi connectivity index (χ1) is 9.09. The minimum Gasteiger partial charge on any atom is -0.352 e. The SMILES string of the molecule is O=C(NCC1CCCC1)c1ccnc(Cl)c1[N+](=O)[O-]. The topological polar surface area (TPSA) is 85.1 Å². The summed E-state index contributed by atoms with van der Waals surface area (Å²) in [7, 11) is 0. The number of carbonyl (C=O) groups excluding carboxylic acids is 1. The number of nitrogens with zero attached hydrogens (tertiary/aromatic N) is 2. The van der Waals surface area contributed by atoms with Gasteiger partial charge in [-0.2, -0.15) is 0 Å². The van der Waals surface area contributed by atoms with Gasteiger partial charge in [0.1, 0.15) is 5.56 Å². The van der Waals surface area contributed by atoms with Gasteiger partial charge in [-0.05, 0) is 24.8 Å². The van der Waals surface area contributed by atoms with Crippen molar-refractivity contribution in [3.05, 3.63) is 33.1 Å². The van der Waals surface area contributed by atoms with E-state index in [1.807, 2.05) is 0 Å². The lowest BCUT2D eigenvalue weighted by molar-refractivity contribution is -0.385. The summed E-state index contributed by atoms with van der Waals surface area (Å²) in [4.78, 5) is 25.8. The fourth-order valence-electron chi connectivity index (χ4n) is 2.33. The van der Waals surface area contributed by atoms with Crippen LogP contribution in [-0.4, -0.2) is 22.4 Å². The smallest absolute Gasteiger partial charge is 0.319 e. The van der Waals surface area contributed by atoms with Crippen molar-refractivity contribution in [2.24, 2.45) is 5.92 Å². The number of pyridine rings is 1. The number of halogens is 1. The van der Waals surface area contributed by atoms with E-state index in [4.69, 9.17) is 11.6 Å². The summed E-state index contributed by atoms with van der Waals surface area (Å²) in [5.74, 6) is 0.00298. The van der Waals surface area contributed by atoms with Crippen LogP contribution in [-0.2, 0) is 0 Å². The molecule has 1 fully saturated rings. The molecule has 0 bridgehead atoms. The first-order valence-corrected chi connectivity index (χ1v) is 6.54. The number of nitrogens with one attached hydrogen (secondary N) is 1. The van der Waals surface area contributed by atoms with E-state index in [2.05, 4.69) is 10.3 Å². The Hall–Kier alpha value is -1.69. The van der Waals surface area contributed by atoms with Crippen molar-refractivity contribution in [2.75, 3.05) is 6.54 Å². The van der Waals surface area contributed by atoms with E-state index in [1.165, 1.54) is 25.1 Å². The number of amides is 1. The molecule has 0 radical (unpaired) electrons. The molecule has 0 aromatic carbocycles. The van der Waals surface area contributed by atoms with Gasteiger partial charge in [0.05, 0.1) is 4.92 Å². The molecule has 102 valence electrons. The van der Waals surface area contributed by atoms with Gasteiger partial charge in [-0.3, -0.25) is 14.9 Å². The number of aromatic nitrogens is 1. The molecule has 19 heavy (non-hydrogen) atoms. The third-order valence-corrected chi connectivity index (χ3v) is 3.61. The number of hydrogen-bond acceptors (Lipinski definition) is 4. The van der Waals surface area contributed by atoms with Gasteiger partial charge in [0.2, 0.25) is 5.15 Å². The third kappa shape index (κ3) is 3.20. The Morgan fingerprint density at radius 1 is 1.53 bits per heavy atom. The number of rotatable bonds is 4. The molecule has 1 N–H and O–H groups in total. The number of hydrogen-bond donors (Lipinski definition) is 1. The lowest BCUT2D eigenvalue weighted by Crippen LogP contribution is -2.29. The van der Waals surface area contributed by atoms with Crippen LogP contribution in [0.4, 0.5) is 5.69 Å². The molecular weight excluding hydrogens is 270 g/mol. The molecule has 0 aliphatic heterocycles. The second kappa shape index (κ2) is 5.97. The van der Waals surface area contributed by atoms with Crippen molar-refractivity contribution in [1.29, 1.82) is 0 Å². The monoisotopic (exact) mass is 283 g/mol. The average Bonchev–Trinajstić information content (AvgIpc) is 2.88. The lowest BCUT2D eigenvalue weighted by atomic mass is 10.1. The highest BCUT2D eigenvalue weighted by atomic mass is 35.5. The zero-order valence-electron chi connectivity index (χ0n) is 10.3. The second-order valence-corrected chi connectivity index (χ2v) is 4.97. The van der Waals surface area contributed by atoms with Gasteiger partial charge in [0, 0.05) is 12.7 Å². The minimum absolute atomic E-state index is 0.0389. The van der Waals surface area contributed by atoms with Gasteiger partial charge >= 0.3 is 5.69 Å². The summed E-state index contributed by atoms with van der Waals surface area (Å²) in [6, 6.07) is 1.31. The van der Waals surface area contributed by atoms with Gasteiger partial charge in [-0.1, -0.05) is 24.4 Å². The zero-order valence-corrected chi connectivity index (χ0v) is 11.0. The Morgan fingerprint density at radius 3 is 2.84 bits per heavy atom. The highest BCUT2D eigenvalue weighted by Gasteiger charge is 2.25. The van der Waals surface area contributed by atoms with Crippen molar-refractivity contribution < 1.29 is 9.72 Å². The van der Waals surface area contributed by atoms with E-state index in [-0.39, 0.29) is 10.7 Å². The molecule has 1 heterocycles. The van der Waals surface area contributed by atoms with Gasteiger partial charge in [0.25, 0.3) is 5.91 Å². The predicted molar refractivity (Wildman–Crippen MR) is 70.2 cm³/mol. The summed E-state index contributed by atoms with van der Waals surface area (Å²) in [5.41, 5.74) is -0.476. The van der Waals surface area contributed by atoms with Crippen LogP contribution < -0.4 is 5.32 Å². The largest absolute Gasteiger partial charge is 0.352 e. The summed E-state index contributed by atoms with van der Waals surface area (Å²) < 4.78 is 0. The number of carbonyl (C=O) groups is 1. The maximum atomic E-state index is 12.0. The standard InChI is InChI=1S/C12H14ClN3O3/c13-11-10(16(18)19)9(5-6-14-11)12(17)15-7-8-3-1-2-4-8/h5-6,8H,1-4,7H2,(H,15,17). The van der Waals surface area contributed by atoms with E-state index in [9.17, 15) is 14.9 Å². The maximum absolute atomic E-state index is 12.0. The average molecular weight is 284 g/mol. The maximum Gasteiger partial charge on any atom is 0.319 e. The van der Waals surface area contributed by atoms with Crippen molar-refractivity contribution in [1.82, 2.24) is 10.3 Å². The van der Waals surface area contributed by atoms with Crippen LogP contribution in [0, 0.1) is 16.0 Å². The van der Waals surface area contributed by atoms with Crippen LogP contribution in [0.3, 0.4) is 0 Å². The second-order valence-electron chi connectivity index (χ2n) is 4.62. The van der Waals surface area contributed by atoms with Gasteiger partial charge in [-0.25, -0.2) is 4.98 Å². The van der Waals surface area contributed by atoms with Gasteiger partial charge in [0.15, 0.2) is 0 Å². The van der Waals surface area contributed by atoms with Crippen molar-refractivity contribution in [2.45, 2.75) is 25.7 Å². The van der Waals surface area contributed by atoms with Crippen LogP contribution in [0.2, 0.25) is 5.15 Å². The predicted octanol–water partition coefficient (Wildman–Crippen LogP) is 2.56. The van der Waals surface area contributed by atoms with E-state index in [1.54, 1.807) is 0 Å². The molecule has 1 aliphatic carbocycles. The molecule has 1 aromatic heterocycles. The first-order valence-electron chi connectivity index (χ1n) is 6.16. The van der Waals surface area contributed by atoms with E-state index < -0.39 is 16.5 Å². The van der Waals surface area contributed by atoms with Crippen molar-refractivity contribution >= 4 is 23.2 Å². The van der Waals surface area contributed by atoms with Crippen molar-refractivity contribution in [3.63, 3.8) is 0 Å². The van der Waals surface area contributed by atoms with Gasteiger partial charge < -0.3 is 5.32 Å². The Balaban J connectivity index is 2.10. The van der Waals surface area contributed by atoms with Crippen LogP contribution in [0.15, 0.2) is 12.3 Å². The normalized spacial score (nSPS) is 15.4. The lowest BCUT2D eigenvalue weighted by Gasteiger charge is -2.10. The molecule has 2 rings (SSSR count). The van der Waals surface area contributed by atoms with E-state index in [0.29, 0.717) is 12.5 Å². The highest BCUT2D eigenvalue weighted by molar-refractivity contribution is 6.32. The minimum atomic E-state index is -0.681. The Morgan fingerprint density at radius 2 is 2.21 bits per heavy atom. The molecule has 7 heteroatoms. The first kappa shape index (κ1) is 13.7. The highest BCUT2D eigenvalue weighted by Crippen LogP contribution is 2.27. The van der Waals surface area contributed by atoms with E-state index >= 15 is 0 Å². The number of nitro groups is 1. The summed E-state index contributed by atoms with van der Waals surface area (Å²) >= 11 is 5.66. The molecule has 1 aromatic rings. The van der Waals surface area contributed by atoms with Crippen LogP contribution >= 0.6 is 11.6 Å². The van der Waals surface area contributed by atoms with Crippen LogP contribution in [0.5, 0.6) is 0 Å². The van der Waals surface area contributed by atoms with E-state index in [0.717, 1.165) is 12.8 Å². The Bertz CT molecular complexity index is 501. The fraction of sp³-hybridized carbons (Fsp3) is 0.500. The quantitative estimate of drug-likeness (QED) is 0.523. The molecule has 6 nitrogen and oxygen atoms in total. The molecule has 0 unspecified atom stereocenters. The molecule has 1 saturated carbocycles. The molecule has 0 atom stereocenters. The fourth-order valence-corrected chi connectivity index (χ4v) is 2.56. The Kier molecular flexibility index (Phi) is 4.31. The third-order valence-electron chi connectivity index (χ3n) is 3.33.